The molecule has 0 saturated heterocycles. The summed E-state index contributed by atoms with van der Waals surface area (Å²) in [6, 6.07) is 20.7. The van der Waals surface area contributed by atoms with Crippen molar-refractivity contribution < 1.29 is 9.72 Å². The van der Waals surface area contributed by atoms with E-state index in [2.05, 4.69) is 15.3 Å². The van der Waals surface area contributed by atoms with Crippen LogP contribution in [-0.4, -0.2) is 20.8 Å². The highest BCUT2D eigenvalue weighted by atomic mass is 16.6. The van der Waals surface area contributed by atoms with Gasteiger partial charge in [-0.2, -0.15) is 0 Å². The highest BCUT2D eigenvalue weighted by Gasteiger charge is 2.16. The second-order valence-electron chi connectivity index (χ2n) is 5.91. The maximum Gasteiger partial charge on any atom is 0.271 e. The SMILES string of the molecule is O=C(Nc1ccccc1)c1ccccc1-c1nc2ccc([N+](=O)[O-])cc2[nH]1. The number of amides is 1. The number of hydrogen-bond donors (Lipinski definition) is 2. The molecule has 1 amide bonds. The van der Waals surface area contributed by atoms with Crippen molar-refractivity contribution in [2.45, 2.75) is 0 Å². The number of rotatable bonds is 4. The highest BCUT2D eigenvalue weighted by Crippen LogP contribution is 2.26. The van der Waals surface area contributed by atoms with Crippen molar-refractivity contribution in [2.75, 3.05) is 5.32 Å². The third-order valence-corrected chi connectivity index (χ3v) is 4.13. The number of aromatic nitrogens is 2. The van der Waals surface area contributed by atoms with E-state index in [9.17, 15) is 14.9 Å². The zero-order chi connectivity index (χ0) is 18.8. The predicted molar refractivity (Wildman–Crippen MR) is 103 cm³/mol. The molecule has 0 fully saturated rings. The Balaban J connectivity index is 1.73. The first-order valence-electron chi connectivity index (χ1n) is 8.22. The standard InChI is InChI=1S/C20H14N4O3/c25-20(21-13-6-2-1-3-7-13)16-9-5-4-8-15(16)19-22-17-11-10-14(24(26)27)12-18(17)23-19/h1-12H,(H,21,25)(H,22,23). The van der Waals surface area contributed by atoms with E-state index in [1.165, 1.54) is 12.1 Å². The minimum atomic E-state index is -0.457. The van der Waals surface area contributed by atoms with E-state index in [0.717, 1.165) is 0 Å². The van der Waals surface area contributed by atoms with Gasteiger partial charge in [-0.15, -0.1) is 0 Å². The molecule has 0 spiro atoms. The van der Waals surface area contributed by atoms with Gasteiger partial charge >= 0.3 is 0 Å². The summed E-state index contributed by atoms with van der Waals surface area (Å²) in [6.45, 7) is 0. The largest absolute Gasteiger partial charge is 0.338 e. The van der Waals surface area contributed by atoms with Gasteiger partial charge in [0.2, 0.25) is 0 Å². The van der Waals surface area contributed by atoms with Crippen LogP contribution in [0.1, 0.15) is 10.4 Å². The number of carbonyl (C=O) groups excluding carboxylic acids is 1. The van der Waals surface area contributed by atoms with E-state index >= 15 is 0 Å². The van der Waals surface area contributed by atoms with Gasteiger partial charge in [-0.1, -0.05) is 36.4 Å². The molecular formula is C20H14N4O3. The molecule has 0 aliphatic rings. The minimum absolute atomic E-state index is 0.0206. The van der Waals surface area contributed by atoms with Crippen LogP contribution in [0.15, 0.2) is 72.8 Å². The number of nitro benzene ring substituents is 1. The van der Waals surface area contributed by atoms with E-state index < -0.39 is 4.92 Å². The molecule has 0 saturated carbocycles. The number of para-hydroxylation sites is 1. The van der Waals surface area contributed by atoms with Gasteiger partial charge in [0.25, 0.3) is 11.6 Å². The quantitative estimate of drug-likeness (QED) is 0.417. The van der Waals surface area contributed by atoms with Crippen LogP contribution in [0.2, 0.25) is 0 Å². The summed E-state index contributed by atoms with van der Waals surface area (Å²) in [5.41, 5.74) is 2.87. The molecule has 0 aliphatic heterocycles. The van der Waals surface area contributed by atoms with E-state index in [4.69, 9.17) is 0 Å². The number of nitrogens with zero attached hydrogens (tertiary/aromatic N) is 2. The topological polar surface area (TPSA) is 101 Å². The third kappa shape index (κ3) is 3.25. The molecule has 0 aliphatic carbocycles. The summed E-state index contributed by atoms with van der Waals surface area (Å²) in [5, 5.41) is 13.8. The maximum atomic E-state index is 12.7. The molecule has 2 N–H and O–H groups in total. The lowest BCUT2D eigenvalue weighted by Gasteiger charge is -2.08. The van der Waals surface area contributed by atoms with Gasteiger partial charge in [0, 0.05) is 23.4 Å². The number of nitro groups is 1. The predicted octanol–water partition coefficient (Wildman–Crippen LogP) is 4.39. The Morgan fingerprint density at radius 1 is 1.00 bits per heavy atom. The first-order valence-corrected chi connectivity index (χ1v) is 8.22. The van der Waals surface area contributed by atoms with E-state index in [-0.39, 0.29) is 11.6 Å². The molecule has 7 nitrogen and oxygen atoms in total. The maximum absolute atomic E-state index is 12.7. The van der Waals surface area contributed by atoms with Gasteiger partial charge in [0.05, 0.1) is 21.5 Å². The summed E-state index contributed by atoms with van der Waals surface area (Å²) < 4.78 is 0. The Morgan fingerprint density at radius 2 is 1.74 bits per heavy atom. The van der Waals surface area contributed by atoms with Gasteiger partial charge in [-0.3, -0.25) is 14.9 Å². The normalized spacial score (nSPS) is 10.7. The smallest absolute Gasteiger partial charge is 0.271 e. The van der Waals surface area contributed by atoms with Crippen molar-refractivity contribution in [3.8, 4) is 11.4 Å². The number of aromatic amines is 1. The monoisotopic (exact) mass is 358 g/mol. The summed E-state index contributed by atoms with van der Waals surface area (Å²) in [7, 11) is 0. The number of imidazole rings is 1. The summed E-state index contributed by atoms with van der Waals surface area (Å²) in [4.78, 5) is 30.8. The second kappa shape index (κ2) is 6.72. The molecule has 1 heterocycles. The number of nitrogens with one attached hydrogen (secondary N) is 2. The van der Waals surface area contributed by atoms with Crippen LogP contribution in [-0.2, 0) is 0 Å². The molecule has 1 aromatic heterocycles. The molecule has 27 heavy (non-hydrogen) atoms. The minimum Gasteiger partial charge on any atom is -0.338 e. The van der Waals surface area contributed by atoms with Crippen molar-refractivity contribution in [3.63, 3.8) is 0 Å². The van der Waals surface area contributed by atoms with Crippen molar-refractivity contribution in [1.29, 1.82) is 0 Å². The average molecular weight is 358 g/mol. The van der Waals surface area contributed by atoms with E-state index in [1.54, 1.807) is 36.4 Å². The number of non-ortho nitro benzene ring substituents is 1. The number of anilines is 1. The Morgan fingerprint density at radius 3 is 2.52 bits per heavy atom. The fraction of sp³-hybridized carbons (Fsp3) is 0. The zero-order valence-corrected chi connectivity index (χ0v) is 14.0. The van der Waals surface area contributed by atoms with Crippen molar-refractivity contribution in [1.82, 2.24) is 9.97 Å². The fourth-order valence-corrected chi connectivity index (χ4v) is 2.85. The molecule has 4 rings (SSSR count). The summed E-state index contributed by atoms with van der Waals surface area (Å²) in [5.74, 6) is 0.215. The molecule has 4 aromatic rings. The van der Waals surface area contributed by atoms with Crippen LogP contribution in [0, 0.1) is 10.1 Å². The average Bonchev–Trinajstić information content (AvgIpc) is 3.12. The van der Waals surface area contributed by atoms with Gasteiger partial charge in [0.15, 0.2) is 0 Å². The van der Waals surface area contributed by atoms with Crippen LogP contribution < -0.4 is 5.32 Å². The van der Waals surface area contributed by atoms with Crippen LogP contribution >= 0.6 is 0 Å². The first kappa shape index (κ1) is 16.5. The molecule has 7 heteroatoms. The van der Waals surface area contributed by atoms with Crippen LogP contribution in [0.25, 0.3) is 22.4 Å². The third-order valence-electron chi connectivity index (χ3n) is 4.13. The lowest BCUT2D eigenvalue weighted by molar-refractivity contribution is -0.384. The van der Waals surface area contributed by atoms with E-state index in [1.807, 2.05) is 24.3 Å². The zero-order valence-electron chi connectivity index (χ0n) is 14.0. The lowest BCUT2D eigenvalue weighted by Crippen LogP contribution is -2.13. The Hall–Kier alpha value is -4.00. The number of H-pyrrole nitrogens is 1. The van der Waals surface area contributed by atoms with E-state index in [0.29, 0.717) is 33.7 Å². The van der Waals surface area contributed by atoms with Crippen molar-refractivity contribution in [3.05, 3.63) is 88.5 Å². The molecule has 0 radical (unpaired) electrons. The van der Waals surface area contributed by atoms with Crippen molar-refractivity contribution in [2.24, 2.45) is 0 Å². The van der Waals surface area contributed by atoms with Crippen LogP contribution in [0.5, 0.6) is 0 Å². The van der Waals surface area contributed by atoms with Crippen molar-refractivity contribution >= 4 is 28.3 Å². The molecule has 0 atom stereocenters. The number of hydrogen-bond acceptors (Lipinski definition) is 4. The van der Waals surface area contributed by atoms with Crippen LogP contribution in [0.4, 0.5) is 11.4 Å². The summed E-state index contributed by atoms with van der Waals surface area (Å²) >= 11 is 0. The molecule has 3 aromatic carbocycles. The molecule has 0 unspecified atom stereocenters. The second-order valence-corrected chi connectivity index (χ2v) is 5.91. The first-order chi connectivity index (χ1) is 13.1. The van der Waals surface area contributed by atoms with Gasteiger partial charge < -0.3 is 10.3 Å². The van der Waals surface area contributed by atoms with Crippen LogP contribution in [0.3, 0.4) is 0 Å². The Labute approximate surface area is 153 Å². The molecule has 0 bridgehead atoms. The summed E-state index contributed by atoms with van der Waals surface area (Å²) in [6.07, 6.45) is 0. The lowest BCUT2D eigenvalue weighted by atomic mass is 10.1. The molecular weight excluding hydrogens is 344 g/mol. The molecule has 132 valence electrons. The number of carbonyl (C=O) groups is 1. The Kier molecular flexibility index (Phi) is 4.10. The van der Waals surface area contributed by atoms with Gasteiger partial charge in [-0.05, 0) is 24.3 Å². The van der Waals surface area contributed by atoms with Gasteiger partial charge in [-0.25, -0.2) is 4.98 Å². The number of benzene rings is 3. The van der Waals surface area contributed by atoms with Gasteiger partial charge in [0.1, 0.15) is 5.82 Å². The fourth-order valence-electron chi connectivity index (χ4n) is 2.85. The highest BCUT2D eigenvalue weighted by molar-refractivity contribution is 6.08. The Bertz CT molecular complexity index is 1150. The number of fused-ring (bicyclic) bond motifs is 1.